The second-order valence-corrected chi connectivity index (χ2v) is 8.47. The number of halogens is 1. The van der Waals surface area contributed by atoms with Crippen LogP contribution in [0.1, 0.15) is 62.4 Å². The maximum Gasteiger partial charge on any atom is 0.212 e. The van der Waals surface area contributed by atoms with Gasteiger partial charge in [0.15, 0.2) is 5.75 Å². The van der Waals surface area contributed by atoms with Gasteiger partial charge < -0.3 is 21.9 Å². The normalized spacial score (nSPS) is 16.7. The summed E-state index contributed by atoms with van der Waals surface area (Å²) >= 11 is 0. The van der Waals surface area contributed by atoms with Crippen molar-refractivity contribution in [1.29, 1.82) is 0 Å². The summed E-state index contributed by atoms with van der Waals surface area (Å²) < 4.78 is 0. The van der Waals surface area contributed by atoms with Crippen molar-refractivity contribution in [3.63, 3.8) is 0 Å². The molecule has 0 aliphatic carbocycles. The van der Waals surface area contributed by atoms with Crippen molar-refractivity contribution >= 4 is 22.4 Å². The summed E-state index contributed by atoms with van der Waals surface area (Å²) in [5.41, 5.74) is 3.56. The van der Waals surface area contributed by atoms with Crippen molar-refractivity contribution < 1.29 is 21.8 Å². The van der Waals surface area contributed by atoms with E-state index < -0.39 is 0 Å². The van der Waals surface area contributed by atoms with Crippen LogP contribution >= 0.6 is 0 Å². The molecule has 1 atom stereocenters. The topological polar surface area (TPSA) is 20.3 Å². The predicted molar refractivity (Wildman–Crippen MR) is 99.3 cm³/mol. The number of Topliss-reactive ketones (excluding diaryl/α,β-unsaturated/α-hetero) is 1. The van der Waals surface area contributed by atoms with E-state index in [2.05, 4.69) is 43.9 Å². The second kappa shape index (κ2) is 10.4. The van der Waals surface area contributed by atoms with E-state index in [0.29, 0.717) is 5.78 Å². The number of carbonyl (C=O) groups excluding carboxylic acids is 1. The lowest BCUT2D eigenvalue weighted by molar-refractivity contribution is -0.0000127. The van der Waals surface area contributed by atoms with Gasteiger partial charge in [-0.15, -0.1) is 0 Å². The van der Waals surface area contributed by atoms with Crippen molar-refractivity contribution in [1.82, 2.24) is 0 Å². The summed E-state index contributed by atoms with van der Waals surface area (Å²) in [4.78, 5) is 14.7. The number of hydrogen-bond acceptors (Lipinski definition) is 2. The van der Waals surface area contributed by atoms with Crippen LogP contribution in [0.15, 0.2) is 18.2 Å². The van der Waals surface area contributed by atoms with Gasteiger partial charge in [-0.3, -0.25) is 4.79 Å². The van der Waals surface area contributed by atoms with Crippen molar-refractivity contribution in [3.8, 4) is 0 Å². The lowest BCUT2D eigenvalue weighted by Gasteiger charge is -2.25. The standard InChI is InChI=1S/C19H30NOS.BrH/c1-4-7-8-9-12-20(5-2)17-10-11-18-16(13-17)14-22(6-3)15-19(18)21;/h10-11,13H,4-9,12,14-15H2,1-3H3;1H/q+1;/p-1. The number of nitrogens with zero attached hydrogens (tertiary/aromatic N) is 1. The molecule has 0 amide bonds. The van der Waals surface area contributed by atoms with Crippen LogP contribution in [0, 0.1) is 0 Å². The molecule has 1 aliphatic heterocycles. The molecule has 130 valence electrons. The fourth-order valence-electron chi connectivity index (χ4n) is 3.11. The minimum atomic E-state index is 0. The van der Waals surface area contributed by atoms with E-state index in [0.717, 1.165) is 35.9 Å². The first-order valence-electron chi connectivity index (χ1n) is 8.74. The zero-order valence-corrected chi connectivity index (χ0v) is 17.1. The number of benzene rings is 1. The Morgan fingerprint density at radius 1 is 1.09 bits per heavy atom. The molecule has 0 aromatic heterocycles. The summed E-state index contributed by atoms with van der Waals surface area (Å²) in [7, 11) is 0.257. The highest BCUT2D eigenvalue weighted by Crippen LogP contribution is 2.27. The van der Waals surface area contributed by atoms with Gasteiger partial charge in [0.2, 0.25) is 5.78 Å². The molecule has 0 bridgehead atoms. The first-order valence-corrected chi connectivity index (χ1v) is 10.5. The van der Waals surface area contributed by atoms with Gasteiger partial charge in [0.05, 0.1) is 0 Å². The smallest absolute Gasteiger partial charge is 0.212 e. The van der Waals surface area contributed by atoms with Gasteiger partial charge in [-0.25, -0.2) is 0 Å². The minimum Gasteiger partial charge on any atom is -1.00 e. The first-order chi connectivity index (χ1) is 10.7. The zero-order valence-electron chi connectivity index (χ0n) is 14.7. The second-order valence-electron chi connectivity index (χ2n) is 6.09. The third-order valence-electron chi connectivity index (χ3n) is 4.52. The number of ketones is 1. The molecule has 2 rings (SSSR count). The highest BCUT2D eigenvalue weighted by atomic mass is 79.9. The summed E-state index contributed by atoms with van der Waals surface area (Å²) in [6.45, 7) is 8.85. The van der Waals surface area contributed by atoms with Gasteiger partial charge in [-0.05, 0) is 49.4 Å². The first kappa shape index (κ1) is 20.6. The molecule has 0 fully saturated rings. The molecule has 0 saturated carbocycles. The summed E-state index contributed by atoms with van der Waals surface area (Å²) in [6.07, 6.45) is 5.19. The van der Waals surface area contributed by atoms with Crippen LogP contribution in [-0.2, 0) is 16.6 Å². The average molecular weight is 400 g/mol. The number of fused-ring (bicyclic) bond motifs is 1. The molecule has 1 aliphatic rings. The molecule has 2 nitrogen and oxygen atoms in total. The van der Waals surface area contributed by atoms with Gasteiger partial charge in [0.25, 0.3) is 0 Å². The molecule has 1 heterocycles. The third kappa shape index (κ3) is 5.53. The fourth-order valence-corrected chi connectivity index (χ4v) is 4.82. The molecule has 0 radical (unpaired) electrons. The van der Waals surface area contributed by atoms with Crippen LogP contribution in [-0.4, -0.2) is 30.4 Å². The van der Waals surface area contributed by atoms with Gasteiger partial charge >= 0.3 is 0 Å². The molecule has 0 N–H and O–H groups in total. The van der Waals surface area contributed by atoms with Crippen molar-refractivity contribution in [3.05, 3.63) is 29.3 Å². The molecular formula is C19H30BrNOS. The molecule has 0 spiro atoms. The number of anilines is 1. The quantitative estimate of drug-likeness (QED) is 0.486. The Labute approximate surface area is 155 Å². The monoisotopic (exact) mass is 399 g/mol. The Bertz CT molecular complexity index is 506. The van der Waals surface area contributed by atoms with E-state index >= 15 is 0 Å². The molecule has 1 aromatic rings. The maximum absolute atomic E-state index is 12.2. The number of carbonyl (C=O) groups is 1. The molecule has 1 unspecified atom stereocenters. The van der Waals surface area contributed by atoms with Gasteiger partial charge in [0.1, 0.15) is 11.5 Å². The third-order valence-corrected chi connectivity index (χ3v) is 6.73. The number of unbranched alkanes of at least 4 members (excludes halogenated alkanes) is 3. The molecule has 4 heteroatoms. The van der Waals surface area contributed by atoms with E-state index in [1.165, 1.54) is 36.9 Å². The maximum atomic E-state index is 12.2. The molecule has 23 heavy (non-hydrogen) atoms. The highest BCUT2D eigenvalue weighted by molar-refractivity contribution is 7.96. The average Bonchev–Trinajstić information content (AvgIpc) is 2.54. The van der Waals surface area contributed by atoms with E-state index in [1.807, 2.05) is 0 Å². The largest absolute Gasteiger partial charge is 1.00 e. The van der Waals surface area contributed by atoms with Crippen LogP contribution < -0.4 is 21.9 Å². The van der Waals surface area contributed by atoms with Gasteiger partial charge in [0, 0.05) is 29.9 Å². The van der Waals surface area contributed by atoms with Crippen molar-refractivity contribution in [2.75, 3.05) is 29.5 Å². The van der Waals surface area contributed by atoms with E-state index in [4.69, 9.17) is 0 Å². The lowest BCUT2D eigenvalue weighted by Crippen LogP contribution is -3.00. The summed E-state index contributed by atoms with van der Waals surface area (Å²) in [5.74, 6) is 3.34. The van der Waals surface area contributed by atoms with Crippen LogP contribution in [0.25, 0.3) is 0 Å². The van der Waals surface area contributed by atoms with Crippen LogP contribution in [0.3, 0.4) is 0 Å². The lowest BCUT2D eigenvalue weighted by atomic mass is 10.0. The summed E-state index contributed by atoms with van der Waals surface area (Å²) in [5, 5.41) is 0. The Kier molecular flexibility index (Phi) is 9.30. The molecule has 1 aromatic carbocycles. The van der Waals surface area contributed by atoms with Crippen LogP contribution in [0.4, 0.5) is 5.69 Å². The summed E-state index contributed by atoms with van der Waals surface area (Å²) in [6, 6.07) is 6.50. The predicted octanol–water partition coefficient (Wildman–Crippen LogP) is 1.43. The zero-order chi connectivity index (χ0) is 15.9. The highest BCUT2D eigenvalue weighted by Gasteiger charge is 2.31. The Morgan fingerprint density at radius 2 is 1.87 bits per heavy atom. The van der Waals surface area contributed by atoms with E-state index in [1.54, 1.807) is 0 Å². The van der Waals surface area contributed by atoms with Gasteiger partial charge in [-0.2, -0.15) is 0 Å². The Hall–Kier alpha value is -0.480. The van der Waals surface area contributed by atoms with Crippen molar-refractivity contribution in [2.24, 2.45) is 0 Å². The van der Waals surface area contributed by atoms with E-state index in [9.17, 15) is 4.79 Å². The van der Waals surface area contributed by atoms with Crippen LogP contribution in [0.2, 0.25) is 0 Å². The Balaban J connectivity index is 0.00000264. The number of hydrogen-bond donors (Lipinski definition) is 0. The van der Waals surface area contributed by atoms with Gasteiger partial charge in [-0.1, -0.05) is 26.2 Å². The molecular weight excluding hydrogens is 370 g/mol. The van der Waals surface area contributed by atoms with E-state index in [-0.39, 0.29) is 27.9 Å². The SMILES string of the molecule is CCCCCCN(CC)c1ccc2c(c1)C[S+](CC)CC2=O.[Br-]. The Morgan fingerprint density at radius 3 is 2.52 bits per heavy atom. The number of rotatable bonds is 8. The molecule has 0 saturated heterocycles. The van der Waals surface area contributed by atoms with Crippen LogP contribution in [0.5, 0.6) is 0 Å². The fraction of sp³-hybridized carbons (Fsp3) is 0.632. The minimum absolute atomic E-state index is 0. The van der Waals surface area contributed by atoms with Crippen molar-refractivity contribution in [2.45, 2.75) is 52.2 Å².